The number of rotatable bonds is 11. The van der Waals surface area contributed by atoms with Crippen molar-refractivity contribution in [1.82, 2.24) is 10.2 Å². The van der Waals surface area contributed by atoms with Crippen molar-refractivity contribution >= 4 is 29.3 Å². The summed E-state index contributed by atoms with van der Waals surface area (Å²) in [5.41, 5.74) is 7.86. The number of primary amides is 1. The normalized spacial score (nSPS) is 15.6. The summed E-state index contributed by atoms with van der Waals surface area (Å²) in [6.07, 6.45) is 5.54. The number of fused-ring (bicyclic) bond motifs is 1. The molecular formula is C29H36N4O5. The number of hydrogen-bond acceptors (Lipinski definition) is 5. The third-order valence-corrected chi connectivity index (χ3v) is 7.12. The molecule has 1 fully saturated rings. The van der Waals surface area contributed by atoms with E-state index >= 15 is 0 Å². The van der Waals surface area contributed by atoms with E-state index in [2.05, 4.69) is 11.4 Å². The lowest BCUT2D eigenvalue weighted by atomic mass is 9.95. The van der Waals surface area contributed by atoms with Crippen LogP contribution in [0.2, 0.25) is 0 Å². The molecule has 202 valence electrons. The molecule has 0 radical (unpaired) electrons. The number of anilines is 1. The molecule has 1 saturated heterocycles. The Labute approximate surface area is 223 Å². The van der Waals surface area contributed by atoms with Gasteiger partial charge in [0.2, 0.25) is 17.7 Å². The van der Waals surface area contributed by atoms with E-state index in [9.17, 15) is 19.2 Å². The van der Waals surface area contributed by atoms with Gasteiger partial charge in [0.05, 0.1) is 13.2 Å². The first-order valence-electron chi connectivity index (χ1n) is 13.4. The van der Waals surface area contributed by atoms with Gasteiger partial charge >= 0.3 is 0 Å². The van der Waals surface area contributed by atoms with Crippen molar-refractivity contribution in [1.29, 1.82) is 0 Å². The number of amides is 4. The average Bonchev–Trinajstić information content (AvgIpc) is 2.94. The summed E-state index contributed by atoms with van der Waals surface area (Å²) in [6, 6.07) is 15.4. The first-order valence-corrected chi connectivity index (χ1v) is 13.4. The van der Waals surface area contributed by atoms with Crippen molar-refractivity contribution in [2.24, 2.45) is 5.73 Å². The fourth-order valence-corrected chi connectivity index (χ4v) is 5.09. The first kappa shape index (κ1) is 27.2. The minimum Gasteiger partial charge on any atom is -0.494 e. The maximum Gasteiger partial charge on any atom is 0.253 e. The summed E-state index contributed by atoms with van der Waals surface area (Å²) >= 11 is 0. The number of nitrogens with one attached hydrogen (secondary N) is 1. The van der Waals surface area contributed by atoms with E-state index in [1.165, 1.54) is 5.56 Å². The Morgan fingerprint density at radius 1 is 0.947 bits per heavy atom. The highest BCUT2D eigenvalue weighted by atomic mass is 16.5. The van der Waals surface area contributed by atoms with E-state index in [-0.39, 0.29) is 30.3 Å². The highest BCUT2D eigenvalue weighted by Crippen LogP contribution is 2.32. The summed E-state index contributed by atoms with van der Waals surface area (Å²) < 4.78 is 5.77. The number of nitrogens with zero attached hydrogens (tertiary/aromatic N) is 2. The van der Waals surface area contributed by atoms with Crippen molar-refractivity contribution in [2.75, 3.05) is 31.1 Å². The molecule has 0 saturated carbocycles. The lowest BCUT2D eigenvalue weighted by Crippen LogP contribution is -2.50. The molecule has 3 N–H and O–H groups in total. The second-order valence-corrected chi connectivity index (χ2v) is 9.84. The highest BCUT2D eigenvalue weighted by Gasteiger charge is 2.33. The minimum atomic E-state index is -0.555. The Morgan fingerprint density at radius 3 is 2.42 bits per heavy atom. The fourth-order valence-electron chi connectivity index (χ4n) is 5.09. The predicted octanol–water partition coefficient (Wildman–Crippen LogP) is 2.81. The molecule has 2 aromatic carbocycles. The number of likely N-dealkylation sites (tertiary alicyclic amines) is 1. The lowest BCUT2D eigenvalue weighted by Gasteiger charge is -2.41. The maximum absolute atomic E-state index is 13.1. The molecule has 0 bridgehead atoms. The molecule has 0 aliphatic carbocycles. The van der Waals surface area contributed by atoms with Crippen molar-refractivity contribution in [2.45, 2.75) is 57.4 Å². The van der Waals surface area contributed by atoms with Crippen LogP contribution in [-0.2, 0) is 20.8 Å². The highest BCUT2D eigenvalue weighted by molar-refractivity contribution is 5.97. The van der Waals surface area contributed by atoms with Gasteiger partial charge in [0, 0.05) is 43.2 Å². The number of unbranched alkanes of at least 4 members (excludes halogenated alkanes) is 2. The Hall–Kier alpha value is -3.88. The Kier molecular flexibility index (Phi) is 9.35. The van der Waals surface area contributed by atoms with Gasteiger partial charge in [-0.2, -0.15) is 0 Å². The Morgan fingerprint density at radius 2 is 1.68 bits per heavy atom. The predicted molar refractivity (Wildman–Crippen MR) is 144 cm³/mol. The second-order valence-electron chi connectivity index (χ2n) is 9.84. The Bertz CT molecular complexity index is 1140. The van der Waals surface area contributed by atoms with E-state index in [4.69, 9.17) is 10.5 Å². The van der Waals surface area contributed by atoms with Gasteiger partial charge in [-0.3, -0.25) is 19.2 Å². The number of carbonyl (C=O) groups excluding carboxylic acids is 4. The SMILES string of the molecule is NC(=O)CNC(=O)CCCCCOc1ccc(C(=O)N2CCC(N3C(=O)CCc4ccccc43)CC2)cc1. The van der Waals surface area contributed by atoms with Crippen LogP contribution in [-0.4, -0.2) is 60.8 Å². The smallest absolute Gasteiger partial charge is 0.253 e. The van der Waals surface area contributed by atoms with Gasteiger partial charge in [0.1, 0.15) is 5.75 Å². The number of hydrogen-bond donors (Lipinski definition) is 2. The van der Waals surface area contributed by atoms with Crippen molar-refractivity contribution in [3.63, 3.8) is 0 Å². The quantitative estimate of drug-likeness (QED) is 0.441. The summed E-state index contributed by atoms with van der Waals surface area (Å²) in [5, 5.41) is 2.47. The van der Waals surface area contributed by atoms with Gasteiger partial charge in [0.25, 0.3) is 5.91 Å². The van der Waals surface area contributed by atoms with Crippen LogP contribution in [0, 0.1) is 0 Å². The lowest BCUT2D eigenvalue weighted by molar-refractivity contribution is -0.124. The molecule has 4 amide bonds. The largest absolute Gasteiger partial charge is 0.494 e. The molecule has 2 aliphatic heterocycles. The van der Waals surface area contributed by atoms with Gasteiger partial charge in [-0.15, -0.1) is 0 Å². The minimum absolute atomic E-state index is 0.00465. The van der Waals surface area contributed by atoms with E-state index < -0.39 is 5.91 Å². The number of carbonyl (C=O) groups is 4. The standard InChI is InChI=1S/C29H36N4O5/c30-26(34)20-31-27(35)8-2-1-5-19-38-24-12-9-22(10-13-24)29(37)32-17-15-23(16-18-32)33-25-7-4-3-6-21(25)11-14-28(33)36/h3-4,6-7,9-10,12-13,23H,1-2,5,8,11,14-20H2,(H2,30,34)(H,31,35). The molecule has 9 nitrogen and oxygen atoms in total. The topological polar surface area (TPSA) is 122 Å². The second kappa shape index (κ2) is 13.1. The van der Waals surface area contributed by atoms with Crippen LogP contribution in [0.25, 0.3) is 0 Å². The zero-order valence-corrected chi connectivity index (χ0v) is 21.7. The van der Waals surface area contributed by atoms with E-state index in [0.29, 0.717) is 50.3 Å². The van der Waals surface area contributed by atoms with Crippen LogP contribution < -0.4 is 20.7 Å². The van der Waals surface area contributed by atoms with Crippen LogP contribution in [0.3, 0.4) is 0 Å². The number of piperidine rings is 1. The first-order chi connectivity index (χ1) is 18.4. The number of aryl methyl sites for hydroxylation is 1. The fraction of sp³-hybridized carbons (Fsp3) is 0.448. The molecule has 2 heterocycles. The molecular weight excluding hydrogens is 484 g/mol. The molecule has 0 aromatic heterocycles. The molecule has 2 aliphatic rings. The zero-order valence-electron chi connectivity index (χ0n) is 21.7. The van der Waals surface area contributed by atoms with E-state index in [1.807, 2.05) is 28.0 Å². The molecule has 2 aromatic rings. The van der Waals surface area contributed by atoms with Crippen LogP contribution >= 0.6 is 0 Å². The maximum atomic E-state index is 13.1. The molecule has 9 heteroatoms. The van der Waals surface area contributed by atoms with E-state index in [1.54, 1.807) is 24.3 Å². The third kappa shape index (κ3) is 7.12. The van der Waals surface area contributed by atoms with Gasteiger partial charge < -0.3 is 25.6 Å². The van der Waals surface area contributed by atoms with Gasteiger partial charge in [-0.25, -0.2) is 0 Å². The van der Waals surface area contributed by atoms with Crippen LogP contribution in [0.5, 0.6) is 5.75 Å². The van der Waals surface area contributed by atoms with E-state index in [0.717, 1.165) is 37.8 Å². The molecule has 4 rings (SSSR count). The summed E-state index contributed by atoms with van der Waals surface area (Å²) in [7, 11) is 0. The van der Waals surface area contributed by atoms with Gasteiger partial charge in [-0.1, -0.05) is 18.2 Å². The van der Waals surface area contributed by atoms with Crippen molar-refractivity contribution < 1.29 is 23.9 Å². The van der Waals surface area contributed by atoms with Gasteiger partial charge in [-0.05, 0) is 74.4 Å². The zero-order chi connectivity index (χ0) is 26.9. The average molecular weight is 521 g/mol. The number of para-hydroxylation sites is 1. The van der Waals surface area contributed by atoms with Crippen LogP contribution in [0.4, 0.5) is 5.69 Å². The Balaban J connectivity index is 1.18. The van der Waals surface area contributed by atoms with Crippen LogP contribution in [0.15, 0.2) is 48.5 Å². The number of nitrogens with two attached hydrogens (primary N) is 1. The summed E-state index contributed by atoms with van der Waals surface area (Å²) in [6.45, 7) is 1.62. The van der Waals surface area contributed by atoms with Crippen LogP contribution in [0.1, 0.15) is 60.9 Å². The number of benzene rings is 2. The molecule has 0 unspecified atom stereocenters. The molecule has 38 heavy (non-hydrogen) atoms. The summed E-state index contributed by atoms with van der Waals surface area (Å²) in [5.74, 6) is 0.132. The number of ether oxygens (including phenoxy) is 1. The van der Waals surface area contributed by atoms with Crippen molar-refractivity contribution in [3.05, 3.63) is 59.7 Å². The molecule has 0 atom stereocenters. The summed E-state index contributed by atoms with van der Waals surface area (Å²) in [4.78, 5) is 51.8. The molecule has 0 spiro atoms. The third-order valence-electron chi connectivity index (χ3n) is 7.12. The monoisotopic (exact) mass is 520 g/mol. The van der Waals surface area contributed by atoms with Gasteiger partial charge in [0.15, 0.2) is 0 Å². The van der Waals surface area contributed by atoms with Crippen molar-refractivity contribution in [3.8, 4) is 5.75 Å².